The Morgan fingerprint density at radius 1 is 1.00 bits per heavy atom. The zero-order chi connectivity index (χ0) is 8.97. The van der Waals surface area contributed by atoms with Crippen molar-refractivity contribution in [2.75, 3.05) is 40.6 Å². The minimum Gasteiger partial charge on any atom is -0.280 e. The van der Waals surface area contributed by atoms with Gasteiger partial charge in [0.05, 0.1) is 20.0 Å². The van der Waals surface area contributed by atoms with Crippen molar-refractivity contribution in [2.24, 2.45) is 0 Å². The number of nitrogens with zero attached hydrogens (tertiary/aromatic N) is 3. The molecule has 1 saturated heterocycles. The average molecular weight is 171 g/mol. The third-order valence-electron chi connectivity index (χ3n) is 2.19. The quantitative estimate of drug-likeness (QED) is 0.623. The molecule has 3 nitrogen and oxygen atoms in total. The summed E-state index contributed by atoms with van der Waals surface area (Å²) >= 11 is 0. The summed E-state index contributed by atoms with van der Waals surface area (Å²) in [7, 11) is 4.35. The van der Waals surface area contributed by atoms with E-state index in [1.165, 1.54) is 19.4 Å². The Morgan fingerprint density at radius 2 is 1.58 bits per heavy atom. The fraction of sp³-hybridized carbons (Fsp3) is 1.00. The Morgan fingerprint density at radius 3 is 2.08 bits per heavy atom. The molecule has 0 aromatic heterocycles. The maximum absolute atomic E-state index is 2.49. The first-order valence-electron chi connectivity index (χ1n) is 4.82. The molecule has 0 spiro atoms. The predicted molar refractivity (Wildman–Crippen MR) is 51.7 cm³/mol. The lowest BCUT2D eigenvalue weighted by atomic mass is 10.3. The van der Waals surface area contributed by atoms with E-state index in [4.69, 9.17) is 0 Å². The predicted octanol–water partition coefficient (Wildman–Crippen LogP) is 0.838. The normalized spacial score (nSPS) is 23.2. The van der Waals surface area contributed by atoms with E-state index in [0.717, 1.165) is 20.0 Å². The van der Waals surface area contributed by atoms with Crippen LogP contribution in [0.5, 0.6) is 0 Å². The Balaban J connectivity index is 2.24. The molecule has 1 rings (SSSR count). The number of rotatable bonds is 3. The van der Waals surface area contributed by atoms with Gasteiger partial charge in [-0.15, -0.1) is 0 Å². The second kappa shape index (κ2) is 4.80. The summed E-state index contributed by atoms with van der Waals surface area (Å²) in [5.74, 6) is 0. The maximum Gasteiger partial charge on any atom is 0.0526 e. The highest BCUT2D eigenvalue weighted by atomic mass is 15.5. The van der Waals surface area contributed by atoms with Gasteiger partial charge in [-0.25, -0.2) is 0 Å². The van der Waals surface area contributed by atoms with Crippen molar-refractivity contribution >= 4 is 0 Å². The van der Waals surface area contributed by atoms with Crippen LogP contribution in [0.2, 0.25) is 0 Å². The van der Waals surface area contributed by atoms with E-state index < -0.39 is 0 Å². The van der Waals surface area contributed by atoms with Gasteiger partial charge in [-0.2, -0.15) is 0 Å². The summed E-state index contributed by atoms with van der Waals surface area (Å²) in [6, 6.07) is 0. The van der Waals surface area contributed by atoms with Crippen LogP contribution in [-0.2, 0) is 0 Å². The van der Waals surface area contributed by atoms with E-state index >= 15 is 0 Å². The molecule has 12 heavy (non-hydrogen) atoms. The smallest absolute Gasteiger partial charge is 0.0526 e. The number of unbranched alkanes of at least 4 members (excludes halogenated alkanes) is 1. The summed E-state index contributed by atoms with van der Waals surface area (Å²) in [4.78, 5) is 7.19. The van der Waals surface area contributed by atoms with Crippen LogP contribution < -0.4 is 0 Å². The summed E-state index contributed by atoms with van der Waals surface area (Å²) in [6.45, 7) is 6.85. The molecule has 1 aliphatic rings. The number of hydrogen-bond donors (Lipinski definition) is 0. The molecule has 72 valence electrons. The van der Waals surface area contributed by atoms with Crippen LogP contribution in [0.4, 0.5) is 0 Å². The molecule has 0 atom stereocenters. The molecule has 1 heterocycles. The monoisotopic (exact) mass is 171 g/mol. The zero-order valence-electron chi connectivity index (χ0n) is 8.58. The fourth-order valence-electron chi connectivity index (χ4n) is 1.75. The van der Waals surface area contributed by atoms with E-state index in [0.29, 0.717) is 0 Å². The second-order valence-electron chi connectivity index (χ2n) is 3.88. The van der Waals surface area contributed by atoms with Gasteiger partial charge >= 0.3 is 0 Å². The van der Waals surface area contributed by atoms with Crippen molar-refractivity contribution in [2.45, 2.75) is 19.8 Å². The van der Waals surface area contributed by atoms with Crippen LogP contribution in [0.3, 0.4) is 0 Å². The van der Waals surface area contributed by atoms with Crippen LogP contribution in [0.25, 0.3) is 0 Å². The summed E-state index contributed by atoms with van der Waals surface area (Å²) < 4.78 is 0. The summed E-state index contributed by atoms with van der Waals surface area (Å²) in [5.41, 5.74) is 0. The molecule has 0 bridgehead atoms. The van der Waals surface area contributed by atoms with Gasteiger partial charge in [-0.3, -0.25) is 14.7 Å². The van der Waals surface area contributed by atoms with Gasteiger partial charge in [-0.05, 0) is 20.5 Å². The van der Waals surface area contributed by atoms with Gasteiger partial charge in [0.2, 0.25) is 0 Å². The van der Waals surface area contributed by atoms with Crippen molar-refractivity contribution in [1.82, 2.24) is 14.7 Å². The minimum atomic E-state index is 1.10. The van der Waals surface area contributed by atoms with Gasteiger partial charge in [0.25, 0.3) is 0 Å². The van der Waals surface area contributed by atoms with Crippen LogP contribution in [0.1, 0.15) is 19.8 Å². The molecule has 0 saturated carbocycles. The van der Waals surface area contributed by atoms with E-state index in [9.17, 15) is 0 Å². The third-order valence-corrected chi connectivity index (χ3v) is 2.19. The Hall–Kier alpha value is -0.120. The summed E-state index contributed by atoms with van der Waals surface area (Å²) in [6.07, 6.45) is 2.62. The molecule has 0 aromatic rings. The first kappa shape index (κ1) is 9.96. The molecule has 1 aliphatic heterocycles. The molecule has 1 fully saturated rings. The highest BCUT2D eigenvalue weighted by Gasteiger charge is 2.16. The van der Waals surface area contributed by atoms with Gasteiger partial charge < -0.3 is 0 Å². The standard InChI is InChI=1S/C9H21N3/c1-4-5-6-12-8-10(2)7-11(3)9-12/h4-9H2,1-3H3. The molecule has 3 heteroatoms. The van der Waals surface area contributed by atoms with Gasteiger partial charge in [0, 0.05) is 6.54 Å². The second-order valence-corrected chi connectivity index (χ2v) is 3.88. The third kappa shape index (κ3) is 3.09. The Kier molecular flexibility index (Phi) is 3.98. The first-order chi connectivity index (χ1) is 5.72. The van der Waals surface area contributed by atoms with Gasteiger partial charge in [0.1, 0.15) is 0 Å². The SMILES string of the molecule is CCCCN1CN(C)CN(C)C1. The first-order valence-corrected chi connectivity index (χ1v) is 4.82. The van der Waals surface area contributed by atoms with Gasteiger partial charge in [-0.1, -0.05) is 13.3 Å². The van der Waals surface area contributed by atoms with Gasteiger partial charge in [0.15, 0.2) is 0 Å². The lowest BCUT2D eigenvalue weighted by Gasteiger charge is -2.38. The van der Waals surface area contributed by atoms with E-state index in [2.05, 4.69) is 35.7 Å². The zero-order valence-corrected chi connectivity index (χ0v) is 8.58. The topological polar surface area (TPSA) is 9.72 Å². The number of hydrogen-bond acceptors (Lipinski definition) is 3. The minimum absolute atomic E-state index is 1.10. The van der Waals surface area contributed by atoms with Crippen LogP contribution in [0, 0.1) is 0 Å². The van der Waals surface area contributed by atoms with Crippen LogP contribution >= 0.6 is 0 Å². The summed E-state index contributed by atoms with van der Waals surface area (Å²) in [5, 5.41) is 0. The lowest BCUT2D eigenvalue weighted by molar-refractivity contribution is -0.00168. The van der Waals surface area contributed by atoms with Crippen molar-refractivity contribution in [3.63, 3.8) is 0 Å². The highest BCUT2D eigenvalue weighted by Crippen LogP contribution is 2.04. The molecule has 0 aromatic carbocycles. The molecule has 0 N–H and O–H groups in total. The molecular weight excluding hydrogens is 150 g/mol. The molecule has 0 aliphatic carbocycles. The lowest BCUT2D eigenvalue weighted by Crippen LogP contribution is -2.52. The maximum atomic E-state index is 2.49. The van der Waals surface area contributed by atoms with E-state index in [1.807, 2.05) is 0 Å². The largest absolute Gasteiger partial charge is 0.280 e. The Labute approximate surface area is 75.9 Å². The highest BCUT2D eigenvalue weighted by molar-refractivity contribution is 4.63. The van der Waals surface area contributed by atoms with Crippen molar-refractivity contribution in [3.05, 3.63) is 0 Å². The van der Waals surface area contributed by atoms with E-state index in [-0.39, 0.29) is 0 Å². The van der Waals surface area contributed by atoms with Crippen molar-refractivity contribution in [3.8, 4) is 0 Å². The molecule has 0 radical (unpaired) electrons. The van der Waals surface area contributed by atoms with Crippen LogP contribution in [-0.4, -0.2) is 55.3 Å². The fourth-order valence-corrected chi connectivity index (χ4v) is 1.75. The average Bonchev–Trinajstić information content (AvgIpc) is 1.99. The molecule has 0 amide bonds. The van der Waals surface area contributed by atoms with E-state index in [1.54, 1.807) is 0 Å². The molecule has 0 unspecified atom stereocenters. The van der Waals surface area contributed by atoms with Crippen LogP contribution in [0.15, 0.2) is 0 Å². The Bertz CT molecular complexity index is 117. The van der Waals surface area contributed by atoms with Crippen molar-refractivity contribution < 1.29 is 0 Å². The molecular formula is C9H21N3. The van der Waals surface area contributed by atoms with Crippen molar-refractivity contribution in [1.29, 1.82) is 0 Å².